The van der Waals surface area contributed by atoms with E-state index >= 15 is 0 Å². The zero-order valence-corrected chi connectivity index (χ0v) is 14.0. The Morgan fingerprint density at radius 2 is 2.33 bits per heavy atom. The van der Waals surface area contributed by atoms with Gasteiger partial charge in [-0.15, -0.1) is 0 Å². The normalized spacial score (nSPS) is 18.7. The Labute approximate surface area is 132 Å². The van der Waals surface area contributed by atoms with Crippen molar-refractivity contribution in [3.63, 3.8) is 0 Å². The van der Waals surface area contributed by atoms with Gasteiger partial charge < -0.3 is 14.2 Å². The van der Waals surface area contributed by atoms with Crippen molar-refractivity contribution in [1.82, 2.24) is 9.78 Å². The van der Waals surface area contributed by atoms with Gasteiger partial charge in [0.1, 0.15) is 0 Å². The van der Waals surface area contributed by atoms with Gasteiger partial charge in [-0.2, -0.15) is 5.10 Å². The second-order valence-corrected chi connectivity index (χ2v) is 5.66. The van der Waals surface area contributed by atoms with Crippen molar-refractivity contribution >= 4 is 21.9 Å². The van der Waals surface area contributed by atoms with Gasteiger partial charge >= 0.3 is 5.97 Å². The number of ether oxygens (including phenoxy) is 3. The first-order chi connectivity index (χ1) is 10.1. The Kier molecular flexibility index (Phi) is 6.20. The molecule has 1 atom stereocenters. The Morgan fingerprint density at radius 1 is 1.52 bits per heavy atom. The molecule has 21 heavy (non-hydrogen) atoms. The monoisotopic (exact) mass is 360 g/mol. The number of hydrogen-bond acceptors (Lipinski definition) is 5. The van der Waals surface area contributed by atoms with Crippen molar-refractivity contribution < 1.29 is 19.0 Å². The molecule has 1 aromatic rings. The van der Waals surface area contributed by atoms with Gasteiger partial charge in [-0.25, -0.2) is 4.79 Å². The first-order valence-corrected chi connectivity index (χ1v) is 8.04. The van der Waals surface area contributed by atoms with E-state index in [1.54, 1.807) is 14.0 Å². The number of carbonyl (C=O) groups is 1. The number of hydrogen-bond donors (Lipinski definition) is 0. The van der Waals surface area contributed by atoms with Crippen LogP contribution in [0.5, 0.6) is 0 Å². The minimum Gasteiger partial charge on any atom is -0.461 e. The standard InChI is InChI=1S/C14H21BrN2O4/c1-3-19-14(18)13-12(15)10(16-17(13)2)7-9-21-11-6-4-5-8-20-11/h11H,3-9H2,1-2H3/t11-/m1/s1. The van der Waals surface area contributed by atoms with Crippen LogP contribution in [-0.4, -0.2) is 41.9 Å². The molecule has 0 saturated carbocycles. The van der Waals surface area contributed by atoms with E-state index in [1.165, 1.54) is 4.68 Å². The highest BCUT2D eigenvalue weighted by Crippen LogP contribution is 2.23. The molecule has 0 spiro atoms. The summed E-state index contributed by atoms with van der Waals surface area (Å²) in [6.45, 7) is 3.41. The van der Waals surface area contributed by atoms with Crippen LogP contribution in [-0.2, 0) is 27.7 Å². The predicted octanol–water partition coefficient (Wildman–Crippen LogP) is 2.45. The SMILES string of the molecule is CCOC(=O)c1c(Br)c(CCO[C@@H]2CCCCO2)nn1C. The molecule has 1 aliphatic rings. The van der Waals surface area contributed by atoms with E-state index in [0.29, 0.717) is 29.8 Å². The maximum absolute atomic E-state index is 11.9. The molecule has 118 valence electrons. The second kappa shape index (κ2) is 7.91. The van der Waals surface area contributed by atoms with Gasteiger partial charge in [0, 0.05) is 20.1 Å². The molecular formula is C14H21BrN2O4. The maximum Gasteiger partial charge on any atom is 0.357 e. The van der Waals surface area contributed by atoms with Crippen LogP contribution >= 0.6 is 15.9 Å². The van der Waals surface area contributed by atoms with Gasteiger partial charge in [0.05, 0.1) is 23.4 Å². The van der Waals surface area contributed by atoms with Crippen LogP contribution < -0.4 is 0 Å². The van der Waals surface area contributed by atoms with E-state index in [0.717, 1.165) is 31.6 Å². The van der Waals surface area contributed by atoms with Gasteiger partial charge in [0.2, 0.25) is 0 Å². The average molecular weight is 361 g/mol. The van der Waals surface area contributed by atoms with E-state index in [4.69, 9.17) is 14.2 Å². The third kappa shape index (κ3) is 4.28. The molecule has 0 radical (unpaired) electrons. The molecule has 1 aromatic heterocycles. The number of nitrogens with zero attached hydrogens (tertiary/aromatic N) is 2. The molecule has 7 heteroatoms. The van der Waals surface area contributed by atoms with Gasteiger partial charge in [0.25, 0.3) is 0 Å². The second-order valence-electron chi connectivity index (χ2n) is 4.87. The summed E-state index contributed by atoms with van der Waals surface area (Å²) in [6, 6.07) is 0. The van der Waals surface area contributed by atoms with E-state index in [9.17, 15) is 4.79 Å². The maximum atomic E-state index is 11.9. The number of aryl methyl sites for hydroxylation is 1. The Balaban J connectivity index is 1.91. The smallest absolute Gasteiger partial charge is 0.357 e. The lowest BCUT2D eigenvalue weighted by Gasteiger charge is -2.22. The quantitative estimate of drug-likeness (QED) is 0.729. The molecule has 0 bridgehead atoms. The van der Waals surface area contributed by atoms with Crippen LogP contribution in [0.3, 0.4) is 0 Å². The highest BCUT2D eigenvalue weighted by Gasteiger charge is 2.21. The molecule has 1 saturated heterocycles. The molecule has 0 aliphatic carbocycles. The van der Waals surface area contributed by atoms with E-state index in [2.05, 4.69) is 21.0 Å². The summed E-state index contributed by atoms with van der Waals surface area (Å²) in [5.74, 6) is -0.373. The third-order valence-electron chi connectivity index (χ3n) is 3.30. The van der Waals surface area contributed by atoms with Crippen LogP contribution in [0.25, 0.3) is 0 Å². The number of halogens is 1. The highest BCUT2D eigenvalue weighted by molar-refractivity contribution is 9.10. The molecule has 2 heterocycles. The van der Waals surface area contributed by atoms with Crippen molar-refractivity contribution in [3.05, 3.63) is 15.9 Å². The summed E-state index contributed by atoms with van der Waals surface area (Å²) in [7, 11) is 1.73. The van der Waals surface area contributed by atoms with Crippen LogP contribution in [0.1, 0.15) is 42.4 Å². The number of rotatable bonds is 6. The molecule has 1 fully saturated rings. The molecule has 0 unspecified atom stereocenters. The predicted molar refractivity (Wildman–Crippen MR) is 80.1 cm³/mol. The summed E-state index contributed by atoms with van der Waals surface area (Å²) in [5, 5.41) is 4.34. The lowest BCUT2D eigenvalue weighted by atomic mass is 10.2. The molecule has 0 N–H and O–H groups in total. The summed E-state index contributed by atoms with van der Waals surface area (Å²) in [6.07, 6.45) is 3.70. The molecular weight excluding hydrogens is 340 g/mol. The van der Waals surface area contributed by atoms with Crippen LogP contribution in [0.2, 0.25) is 0 Å². The first kappa shape index (κ1) is 16.5. The molecule has 1 aliphatic heterocycles. The lowest BCUT2D eigenvalue weighted by Crippen LogP contribution is -2.23. The van der Waals surface area contributed by atoms with E-state index in [-0.39, 0.29) is 12.3 Å². The molecule has 0 aromatic carbocycles. The number of carbonyl (C=O) groups excluding carboxylic acids is 1. The van der Waals surface area contributed by atoms with Crippen molar-refractivity contribution in [2.75, 3.05) is 19.8 Å². The van der Waals surface area contributed by atoms with Gasteiger partial charge in [-0.3, -0.25) is 4.68 Å². The molecule has 0 amide bonds. The zero-order valence-electron chi connectivity index (χ0n) is 12.4. The van der Waals surface area contributed by atoms with Crippen LogP contribution in [0, 0.1) is 0 Å². The summed E-state index contributed by atoms with van der Waals surface area (Å²) < 4.78 is 18.4. The minimum absolute atomic E-state index is 0.106. The Morgan fingerprint density at radius 3 is 3.00 bits per heavy atom. The first-order valence-electron chi connectivity index (χ1n) is 7.25. The Hall–Kier alpha value is -0.920. The lowest BCUT2D eigenvalue weighted by molar-refractivity contribution is -0.161. The fourth-order valence-corrected chi connectivity index (χ4v) is 2.96. The minimum atomic E-state index is -0.373. The molecule has 6 nitrogen and oxygen atoms in total. The Bertz CT molecular complexity index is 484. The van der Waals surface area contributed by atoms with Crippen molar-refractivity contribution in [1.29, 1.82) is 0 Å². The van der Waals surface area contributed by atoms with Crippen molar-refractivity contribution in [2.45, 2.75) is 38.9 Å². The van der Waals surface area contributed by atoms with Crippen molar-refractivity contribution in [3.8, 4) is 0 Å². The van der Waals surface area contributed by atoms with Gasteiger partial charge in [-0.1, -0.05) is 0 Å². The largest absolute Gasteiger partial charge is 0.461 e. The average Bonchev–Trinajstić information content (AvgIpc) is 2.75. The summed E-state index contributed by atoms with van der Waals surface area (Å²) >= 11 is 3.43. The topological polar surface area (TPSA) is 62.6 Å². The van der Waals surface area contributed by atoms with Gasteiger partial charge in [-0.05, 0) is 42.1 Å². The highest BCUT2D eigenvalue weighted by atomic mass is 79.9. The van der Waals surface area contributed by atoms with Crippen LogP contribution in [0.4, 0.5) is 0 Å². The van der Waals surface area contributed by atoms with E-state index < -0.39 is 0 Å². The van der Waals surface area contributed by atoms with Gasteiger partial charge in [0.15, 0.2) is 12.0 Å². The number of esters is 1. The molecule has 2 rings (SSSR count). The van der Waals surface area contributed by atoms with Crippen LogP contribution in [0.15, 0.2) is 4.47 Å². The summed E-state index contributed by atoms with van der Waals surface area (Å²) in [5.41, 5.74) is 1.22. The van der Waals surface area contributed by atoms with E-state index in [1.807, 2.05) is 0 Å². The number of aromatic nitrogens is 2. The fraction of sp³-hybridized carbons (Fsp3) is 0.714. The fourth-order valence-electron chi connectivity index (χ4n) is 2.26. The summed E-state index contributed by atoms with van der Waals surface area (Å²) in [4.78, 5) is 11.9. The van der Waals surface area contributed by atoms with Crippen molar-refractivity contribution in [2.24, 2.45) is 7.05 Å². The third-order valence-corrected chi connectivity index (χ3v) is 4.14. The zero-order chi connectivity index (χ0) is 15.2.